The fourth-order valence-electron chi connectivity index (χ4n) is 4.71. The first-order valence-corrected chi connectivity index (χ1v) is 11.4. The van der Waals surface area contributed by atoms with Crippen LogP contribution in [0, 0.1) is 5.82 Å². The van der Waals surface area contributed by atoms with Gasteiger partial charge >= 0.3 is 0 Å². The Bertz CT molecular complexity index is 1000. The Morgan fingerprint density at radius 1 is 1.33 bits per heavy atom. The molecule has 0 radical (unpaired) electrons. The van der Waals surface area contributed by atoms with Crippen molar-refractivity contribution >= 4 is 17.5 Å². The second-order valence-electron chi connectivity index (χ2n) is 8.27. The van der Waals surface area contributed by atoms with Gasteiger partial charge in [0, 0.05) is 49.9 Å². The van der Waals surface area contributed by atoms with Gasteiger partial charge in [-0.1, -0.05) is 18.5 Å². The van der Waals surface area contributed by atoms with Crippen LogP contribution in [-0.2, 0) is 16.0 Å². The Labute approximate surface area is 195 Å². The zero-order valence-electron chi connectivity index (χ0n) is 18.3. The van der Waals surface area contributed by atoms with E-state index in [1.807, 2.05) is 6.92 Å². The zero-order chi connectivity index (χ0) is 23.6. The molecule has 3 heterocycles. The fourth-order valence-corrected chi connectivity index (χ4v) is 4.81. The van der Waals surface area contributed by atoms with E-state index < -0.39 is 29.5 Å². The number of benzene rings is 1. The van der Waals surface area contributed by atoms with Crippen molar-refractivity contribution in [3.8, 4) is 0 Å². The number of aliphatic hydroxyl groups is 1. The Hall–Kier alpha value is -2.20. The van der Waals surface area contributed by atoms with Crippen LogP contribution >= 0.6 is 11.6 Å². The number of aromatic nitrogens is 2. The van der Waals surface area contributed by atoms with Crippen molar-refractivity contribution in [2.45, 2.75) is 50.5 Å². The number of carbonyl (C=O) groups is 1. The maximum absolute atomic E-state index is 15.8. The van der Waals surface area contributed by atoms with Crippen LogP contribution in [0.15, 0.2) is 24.5 Å². The molecule has 0 saturated carbocycles. The third-order valence-corrected chi connectivity index (χ3v) is 6.48. The molecular weight excluding hydrogens is 456 g/mol. The van der Waals surface area contributed by atoms with E-state index in [1.54, 1.807) is 6.07 Å². The summed E-state index contributed by atoms with van der Waals surface area (Å²) >= 11 is 5.84. The van der Waals surface area contributed by atoms with Crippen molar-refractivity contribution in [3.63, 3.8) is 0 Å². The number of hydrogen-bond acceptors (Lipinski definition) is 6. The van der Waals surface area contributed by atoms with Crippen molar-refractivity contribution in [2.75, 3.05) is 26.4 Å². The number of alkyl halides is 1. The maximum Gasteiger partial charge on any atom is 0.257 e. The molecule has 1 aromatic carbocycles. The van der Waals surface area contributed by atoms with Crippen molar-refractivity contribution in [1.82, 2.24) is 14.9 Å². The fraction of sp³-hybridized carbons (Fsp3) is 0.522. The van der Waals surface area contributed by atoms with Gasteiger partial charge in [0.1, 0.15) is 17.3 Å². The standard InChI is InChI=1S/C23H26ClF2N3O4/c1-2-17(23(26)3-6-32-7-4-23)14-9-16-20(18(25)10-14)22(33-8-5-30)29(21(16)31)13-19-27-11-15(24)12-28-19/h9-12,17,22,30H,2-8,13H2,1H3/t17-,22-/m1/s1. The smallest absolute Gasteiger partial charge is 0.257 e. The van der Waals surface area contributed by atoms with Crippen LogP contribution in [0.4, 0.5) is 8.78 Å². The molecule has 178 valence electrons. The number of aliphatic hydroxyl groups excluding tert-OH is 1. The zero-order valence-corrected chi connectivity index (χ0v) is 19.0. The molecule has 0 aliphatic carbocycles. The number of ether oxygens (including phenoxy) is 2. The van der Waals surface area contributed by atoms with Crippen LogP contribution < -0.4 is 0 Å². The van der Waals surface area contributed by atoms with Gasteiger partial charge in [-0.25, -0.2) is 18.7 Å². The lowest BCUT2D eigenvalue weighted by molar-refractivity contribution is -0.0554. The third-order valence-electron chi connectivity index (χ3n) is 6.28. The molecule has 2 aliphatic rings. The van der Waals surface area contributed by atoms with Crippen molar-refractivity contribution in [3.05, 3.63) is 57.9 Å². The number of carbonyl (C=O) groups excluding carboxylic acids is 1. The SMILES string of the molecule is CC[C@H](c1cc(F)c2c(c1)C(=O)N(Cc1ncc(Cl)cn1)[C@@H]2OCCO)C1(F)CCOCC1. The number of amides is 1. The number of rotatable bonds is 8. The lowest BCUT2D eigenvalue weighted by Crippen LogP contribution is -2.37. The van der Waals surface area contributed by atoms with E-state index in [2.05, 4.69) is 9.97 Å². The van der Waals surface area contributed by atoms with E-state index in [4.69, 9.17) is 21.1 Å². The van der Waals surface area contributed by atoms with Crippen molar-refractivity contribution in [2.24, 2.45) is 0 Å². The minimum absolute atomic E-state index is 0.0445. The molecule has 10 heteroatoms. The van der Waals surface area contributed by atoms with E-state index in [0.29, 0.717) is 36.0 Å². The van der Waals surface area contributed by atoms with Gasteiger partial charge in [0.05, 0.1) is 30.3 Å². The molecule has 33 heavy (non-hydrogen) atoms. The summed E-state index contributed by atoms with van der Waals surface area (Å²) in [5.41, 5.74) is -0.896. The molecule has 0 spiro atoms. The van der Waals surface area contributed by atoms with Crippen LogP contribution in [0.1, 0.15) is 65.6 Å². The van der Waals surface area contributed by atoms with E-state index in [-0.39, 0.29) is 43.7 Å². The monoisotopic (exact) mass is 481 g/mol. The molecule has 0 bridgehead atoms. The molecule has 1 N–H and O–H groups in total. The van der Waals surface area contributed by atoms with Gasteiger partial charge < -0.3 is 19.5 Å². The van der Waals surface area contributed by atoms with E-state index in [0.717, 1.165) is 0 Å². The van der Waals surface area contributed by atoms with Gasteiger partial charge in [-0.15, -0.1) is 0 Å². The Morgan fingerprint density at radius 3 is 2.67 bits per heavy atom. The highest BCUT2D eigenvalue weighted by Gasteiger charge is 2.44. The van der Waals surface area contributed by atoms with Crippen LogP contribution in [0.25, 0.3) is 0 Å². The molecule has 1 amide bonds. The van der Waals surface area contributed by atoms with Gasteiger partial charge in [0.25, 0.3) is 5.91 Å². The molecule has 0 unspecified atom stereocenters. The quantitative estimate of drug-likeness (QED) is 0.614. The summed E-state index contributed by atoms with van der Waals surface area (Å²) in [4.78, 5) is 22.9. The first kappa shape index (κ1) is 23.9. The van der Waals surface area contributed by atoms with Crippen molar-refractivity contribution in [1.29, 1.82) is 0 Å². The summed E-state index contributed by atoms with van der Waals surface area (Å²) in [5.74, 6) is -1.39. The number of hydrogen-bond donors (Lipinski definition) is 1. The first-order valence-electron chi connectivity index (χ1n) is 11.0. The van der Waals surface area contributed by atoms with E-state index in [1.165, 1.54) is 23.4 Å². The highest BCUT2D eigenvalue weighted by atomic mass is 35.5. The van der Waals surface area contributed by atoms with Gasteiger partial charge in [-0.2, -0.15) is 0 Å². The molecule has 2 atom stereocenters. The maximum atomic E-state index is 15.8. The molecule has 1 aromatic heterocycles. The predicted octanol–water partition coefficient (Wildman–Crippen LogP) is 3.94. The predicted molar refractivity (Wildman–Crippen MR) is 116 cm³/mol. The number of fused-ring (bicyclic) bond motifs is 1. The molecule has 4 rings (SSSR count). The summed E-state index contributed by atoms with van der Waals surface area (Å²) in [6, 6.07) is 2.87. The number of nitrogens with zero attached hydrogens (tertiary/aromatic N) is 3. The second kappa shape index (κ2) is 9.97. The van der Waals surface area contributed by atoms with E-state index >= 15 is 8.78 Å². The second-order valence-corrected chi connectivity index (χ2v) is 8.71. The van der Waals surface area contributed by atoms with Crippen molar-refractivity contribution < 1.29 is 28.2 Å². The lowest BCUT2D eigenvalue weighted by atomic mass is 9.76. The Balaban J connectivity index is 1.70. The van der Waals surface area contributed by atoms with Crippen LogP contribution in [0.2, 0.25) is 5.02 Å². The van der Waals surface area contributed by atoms with Crippen LogP contribution in [0.5, 0.6) is 0 Å². The van der Waals surface area contributed by atoms with Gasteiger partial charge in [-0.05, 0) is 24.1 Å². The topological polar surface area (TPSA) is 84.8 Å². The first-order chi connectivity index (χ1) is 15.9. The Morgan fingerprint density at radius 2 is 2.03 bits per heavy atom. The summed E-state index contributed by atoms with van der Waals surface area (Å²) in [6.07, 6.45) is 2.65. The average Bonchev–Trinajstić information content (AvgIpc) is 3.06. The largest absolute Gasteiger partial charge is 0.394 e. The van der Waals surface area contributed by atoms with Gasteiger partial charge in [0.2, 0.25) is 0 Å². The van der Waals surface area contributed by atoms with Crippen LogP contribution in [-0.4, -0.2) is 58.0 Å². The molecular formula is C23H26ClF2N3O4. The number of halogens is 3. The summed E-state index contributed by atoms with van der Waals surface area (Å²) in [7, 11) is 0. The summed E-state index contributed by atoms with van der Waals surface area (Å²) in [5, 5.41) is 9.57. The summed E-state index contributed by atoms with van der Waals surface area (Å²) in [6.45, 7) is 2.04. The van der Waals surface area contributed by atoms with E-state index in [9.17, 15) is 9.90 Å². The molecule has 1 saturated heterocycles. The normalized spacial score (nSPS) is 20.7. The third kappa shape index (κ3) is 4.73. The van der Waals surface area contributed by atoms with Crippen LogP contribution in [0.3, 0.4) is 0 Å². The molecule has 2 aliphatic heterocycles. The molecule has 2 aromatic rings. The molecule has 1 fully saturated rings. The Kier molecular flexibility index (Phi) is 7.23. The summed E-state index contributed by atoms with van der Waals surface area (Å²) < 4.78 is 42.2. The highest BCUT2D eigenvalue weighted by Crippen LogP contribution is 2.45. The van der Waals surface area contributed by atoms with Gasteiger partial charge in [-0.3, -0.25) is 4.79 Å². The lowest BCUT2D eigenvalue weighted by Gasteiger charge is -2.37. The molecule has 7 nitrogen and oxygen atoms in total. The highest BCUT2D eigenvalue weighted by molar-refractivity contribution is 6.30. The minimum Gasteiger partial charge on any atom is -0.394 e. The van der Waals surface area contributed by atoms with Gasteiger partial charge in [0.15, 0.2) is 6.23 Å². The average molecular weight is 482 g/mol. The minimum atomic E-state index is -1.53.